The van der Waals surface area contributed by atoms with E-state index in [2.05, 4.69) is 15.1 Å². The number of benzene rings is 1. The first kappa shape index (κ1) is 11.6. The van der Waals surface area contributed by atoms with Gasteiger partial charge in [-0.05, 0) is 12.1 Å². The minimum absolute atomic E-state index is 0.0229. The second-order valence-corrected chi connectivity index (χ2v) is 3.94. The molecule has 0 aliphatic carbocycles. The molecule has 0 bridgehead atoms. The monoisotopic (exact) mass is 267 g/mol. The van der Waals surface area contributed by atoms with Gasteiger partial charge in [0, 0.05) is 6.07 Å². The number of para-hydroxylation sites is 2. The Morgan fingerprint density at radius 2 is 1.95 bits per heavy atom. The second kappa shape index (κ2) is 3.74. The summed E-state index contributed by atoms with van der Waals surface area (Å²) in [5.41, 5.74) is 5.55. The Balaban J connectivity index is 2.21. The third-order valence-corrected chi connectivity index (χ3v) is 2.60. The first-order valence-electron chi connectivity index (χ1n) is 5.33. The van der Waals surface area contributed by atoms with Crippen LogP contribution in [0.2, 0.25) is 0 Å². The Kier molecular flexibility index (Phi) is 2.28. The molecular formula is C11H8F3N5. The lowest BCUT2D eigenvalue weighted by Gasteiger charge is -2.06. The topological polar surface area (TPSA) is 72.5 Å². The number of halogens is 3. The van der Waals surface area contributed by atoms with E-state index < -0.39 is 11.9 Å². The number of alkyl halides is 3. The molecule has 0 aliphatic heterocycles. The van der Waals surface area contributed by atoms with Crippen LogP contribution < -0.4 is 5.73 Å². The van der Waals surface area contributed by atoms with Crippen LogP contribution in [0.1, 0.15) is 5.69 Å². The molecule has 2 aromatic heterocycles. The van der Waals surface area contributed by atoms with E-state index in [4.69, 9.17) is 5.73 Å². The number of hydrogen-bond acceptors (Lipinski definition) is 3. The number of nitrogens with zero attached hydrogens (tertiary/aromatic N) is 3. The molecule has 8 heteroatoms. The van der Waals surface area contributed by atoms with Gasteiger partial charge in [0.05, 0.1) is 11.0 Å². The van der Waals surface area contributed by atoms with Crippen LogP contribution in [-0.4, -0.2) is 19.7 Å². The minimum atomic E-state index is -4.55. The average molecular weight is 267 g/mol. The highest BCUT2D eigenvalue weighted by atomic mass is 19.4. The second-order valence-electron chi connectivity index (χ2n) is 3.94. The van der Waals surface area contributed by atoms with Gasteiger partial charge in [-0.25, -0.2) is 4.98 Å². The molecule has 2 heterocycles. The number of nitrogen functional groups attached to an aromatic ring is 1. The zero-order chi connectivity index (χ0) is 13.6. The molecule has 0 saturated carbocycles. The number of anilines is 1. The first-order valence-corrected chi connectivity index (χ1v) is 5.33. The number of nitrogens with two attached hydrogens (primary N) is 1. The third-order valence-electron chi connectivity index (χ3n) is 2.60. The van der Waals surface area contributed by atoms with Crippen LogP contribution in [0.5, 0.6) is 0 Å². The molecule has 3 N–H and O–H groups in total. The molecule has 0 radical (unpaired) electrons. The third kappa shape index (κ3) is 1.90. The average Bonchev–Trinajstić information content (AvgIpc) is 2.90. The highest BCUT2D eigenvalue weighted by Crippen LogP contribution is 2.31. The molecule has 0 saturated heterocycles. The molecule has 1 aromatic carbocycles. The fraction of sp³-hybridized carbons (Fsp3) is 0.0909. The highest BCUT2D eigenvalue weighted by Gasteiger charge is 2.36. The van der Waals surface area contributed by atoms with Gasteiger partial charge >= 0.3 is 6.18 Å². The number of H-pyrrole nitrogens is 1. The normalized spacial score (nSPS) is 12.2. The summed E-state index contributed by atoms with van der Waals surface area (Å²) < 4.78 is 39.2. The lowest BCUT2D eigenvalue weighted by molar-refractivity contribution is -0.142. The Morgan fingerprint density at radius 3 is 2.63 bits per heavy atom. The summed E-state index contributed by atoms with van der Waals surface area (Å²) in [6, 6.07) is 7.68. The highest BCUT2D eigenvalue weighted by molar-refractivity contribution is 5.76. The van der Waals surface area contributed by atoms with Crippen LogP contribution in [0, 0.1) is 0 Å². The lowest BCUT2D eigenvalue weighted by atomic mass is 10.3. The van der Waals surface area contributed by atoms with Gasteiger partial charge in [0.25, 0.3) is 0 Å². The van der Waals surface area contributed by atoms with E-state index in [9.17, 15) is 13.2 Å². The lowest BCUT2D eigenvalue weighted by Crippen LogP contribution is -2.14. The fourth-order valence-electron chi connectivity index (χ4n) is 1.80. The zero-order valence-electron chi connectivity index (χ0n) is 9.44. The summed E-state index contributed by atoms with van der Waals surface area (Å²) in [7, 11) is 0. The van der Waals surface area contributed by atoms with E-state index >= 15 is 0 Å². The van der Waals surface area contributed by atoms with Crippen molar-refractivity contribution in [3.05, 3.63) is 36.0 Å². The van der Waals surface area contributed by atoms with Gasteiger partial charge in [-0.3, -0.25) is 0 Å². The SMILES string of the molecule is Nc1cc(C(F)(F)F)n(-c2nc3ccccc3[nH]2)n1. The van der Waals surface area contributed by atoms with Crippen LogP contribution in [-0.2, 0) is 6.18 Å². The van der Waals surface area contributed by atoms with Crippen LogP contribution in [0.4, 0.5) is 19.0 Å². The number of aromatic nitrogens is 4. The number of fused-ring (bicyclic) bond motifs is 1. The smallest absolute Gasteiger partial charge is 0.382 e. The van der Waals surface area contributed by atoms with Crippen LogP contribution in [0.25, 0.3) is 17.0 Å². The molecule has 0 unspecified atom stereocenters. The van der Waals surface area contributed by atoms with E-state index in [0.717, 1.165) is 6.07 Å². The van der Waals surface area contributed by atoms with Gasteiger partial charge in [-0.2, -0.15) is 17.9 Å². The van der Waals surface area contributed by atoms with Gasteiger partial charge < -0.3 is 10.7 Å². The van der Waals surface area contributed by atoms with E-state index in [1.165, 1.54) is 0 Å². The Morgan fingerprint density at radius 1 is 1.21 bits per heavy atom. The molecule has 3 rings (SSSR count). The van der Waals surface area contributed by atoms with E-state index in [-0.39, 0.29) is 11.8 Å². The Labute approximate surface area is 104 Å². The quantitative estimate of drug-likeness (QED) is 0.710. The van der Waals surface area contributed by atoms with Crippen molar-refractivity contribution in [1.29, 1.82) is 0 Å². The van der Waals surface area contributed by atoms with Crippen molar-refractivity contribution in [2.24, 2.45) is 0 Å². The van der Waals surface area contributed by atoms with E-state index in [0.29, 0.717) is 15.7 Å². The standard InChI is InChI=1S/C11H8F3N5/c12-11(13,14)8-5-9(15)18-19(8)10-16-6-3-1-2-4-7(6)17-10/h1-5H,(H2,15,18)(H,16,17). The predicted molar refractivity (Wildman–Crippen MR) is 62.6 cm³/mol. The van der Waals surface area contributed by atoms with Crippen LogP contribution >= 0.6 is 0 Å². The summed E-state index contributed by atoms with van der Waals surface area (Å²) in [4.78, 5) is 6.83. The summed E-state index contributed by atoms with van der Waals surface area (Å²) in [5.74, 6) is -0.238. The summed E-state index contributed by atoms with van der Waals surface area (Å²) >= 11 is 0. The van der Waals surface area contributed by atoms with Crippen molar-refractivity contribution >= 4 is 16.9 Å². The van der Waals surface area contributed by atoms with Gasteiger partial charge in [-0.15, -0.1) is 5.10 Å². The maximum absolute atomic E-state index is 12.8. The van der Waals surface area contributed by atoms with Crippen LogP contribution in [0.15, 0.2) is 30.3 Å². The van der Waals surface area contributed by atoms with Crippen molar-refractivity contribution in [2.75, 3.05) is 5.73 Å². The van der Waals surface area contributed by atoms with Gasteiger partial charge in [0.15, 0.2) is 5.69 Å². The molecule has 0 aliphatic rings. The van der Waals surface area contributed by atoms with Crippen molar-refractivity contribution in [3.63, 3.8) is 0 Å². The molecule has 0 fully saturated rings. The van der Waals surface area contributed by atoms with Crippen molar-refractivity contribution < 1.29 is 13.2 Å². The summed E-state index contributed by atoms with van der Waals surface area (Å²) in [6.45, 7) is 0. The van der Waals surface area contributed by atoms with E-state index in [1.807, 2.05) is 0 Å². The maximum atomic E-state index is 12.8. The molecular weight excluding hydrogens is 259 g/mol. The zero-order valence-corrected chi connectivity index (χ0v) is 9.44. The van der Waals surface area contributed by atoms with Crippen LogP contribution in [0.3, 0.4) is 0 Å². The number of nitrogens with one attached hydrogen (secondary N) is 1. The molecule has 19 heavy (non-hydrogen) atoms. The van der Waals surface area contributed by atoms with E-state index in [1.54, 1.807) is 24.3 Å². The Bertz CT molecular complexity index is 707. The molecule has 0 atom stereocenters. The number of rotatable bonds is 1. The first-order chi connectivity index (χ1) is 8.95. The van der Waals surface area contributed by atoms with Gasteiger partial charge in [-0.1, -0.05) is 12.1 Å². The van der Waals surface area contributed by atoms with Gasteiger partial charge in [0.1, 0.15) is 5.82 Å². The predicted octanol–water partition coefficient (Wildman–Crippen LogP) is 2.35. The number of aromatic amines is 1. The molecule has 0 spiro atoms. The molecule has 3 aromatic rings. The fourth-order valence-corrected chi connectivity index (χ4v) is 1.80. The minimum Gasteiger partial charge on any atom is -0.382 e. The molecule has 98 valence electrons. The van der Waals surface area contributed by atoms with Crippen molar-refractivity contribution in [1.82, 2.24) is 19.7 Å². The molecule has 5 nitrogen and oxygen atoms in total. The largest absolute Gasteiger partial charge is 0.433 e. The number of hydrogen-bond donors (Lipinski definition) is 2. The molecule has 0 amide bonds. The summed E-state index contributed by atoms with van der Waals surface area (Å²) in [5, 5.41) is 3.62. The van der Waals surface area contributed by atoms with Crippen molar-refractivity contribution in [2.45, 2.75) is 6.18 Å². The van der Waals surface area contributed by atoms with Gasteiger partial charge in [0.2, 0.25) is 5.95 Å². The summed E-state index contributed by atoms with van der Waals surface area (Å²) in [6.07, 6.45) is -4.55. The maximum Gasteiger partial charge on any atom is 0.433 e. The Hall–Kier alpha value is -2.51. The van der Waals surface area contributed by atoms with Crippen molar-refractivity contribution in [3.8, 4) is 5.95 Å². The number of imidazole rings is 1.